The van der Waals surface area contributed by atoms with Crippen LogP contribution < -0.4 is 0 Å². The molecule has 2 aliphatic heterocycles. The summed E-state index contributed by atoms with van der Waals surface area (Å²) in [7, 11) is 0.633. The SMILES string of the molecule is CCC12BC1(C)OC(=O)C(=O)O2. The molecule has 2 rings (SSSR count). The van der Waals surface area contributed by atoms with Crippen LogP contribution in [0.4, 0.5) is 0 Å². The number of carbonyl (C=O) groups is 2. The van der Waals surface area contributed by atoms with Gasteiger partial charge in [-0.25, -0.2) is 9.59 Å². The van der Waals surface area contributed by atoms with Gasteiger partial charge < -0.3 is 9.47 Å². The molecule has 0 aromatic rings. The van der Waals surface area contributed by atoms with Crippen LogP contribution in [0.1, 0.15) is 20.3 Å². The number of rotatable bonds is 1. The summed E-state index contributed by atoms with van der Waals surface area (Å²) in [6.45, 7) is 3.71. The Morgan fingerprint density at radius 2 is 1.92 bits per heavy atom. The van der Waals surface area contributed by atoms with Crippen LogP contribution in [0.5, 0.6) is 0 Å². The second-order valence-electron chi connectivity index (χ2n) is 3.53. The zero-order valence-electron chi connectivity index (χ0n) is 7.05. The first-order valence-electron chi connectivity index (χ1n) is 3.99. The molecule has 0 aliphatic carbocycles. The molecule has 0 aromatic carbocycles. The normalized spacial score (nSPS) is 43.8. The van der Waals surface area contributed by atoms with Crippen molar-refractivity contribution < 1.29 is 19.1 Å². The topological polar surface area (TPSA) is 52.6 Å². The largest absolute Gasteiger partial charge is 0.457 e. The van der Waals surface area contributed by atoms with Crippen LogP contribution in [-0.4, -0.2) is 30.2 Å². The zero-order chi connectivity index (χ0) is 8.98. The van der Waals surface area contributed by atoms with Crippen molar-refractivity contribution >= 4 is 19.2 Å². The van der Waals surface area contributed by atoms with Crippen molar-refractivity contribution in [3.8, 4) is 0 Å². The second-order valence-corrected chi connectivity index (χ2v) is 3.53. The summed E-state index contributed by atoms with van der Waals surface area (Å²) in [4.78, 5) is 21.6. The van der Waals surface area contributed by atoms with Gasteiger partial charge in [0.1, 0.15) is 11.0 Å². The highest BCUT2D eigenvalue weighted by Crippen LogP contribution is 2.49. The third kappa shape index (κ3) is 0.686. The Hall–Kier alpha value is -0.995. The maximum absolute atomic E-state index is 10.8. The van der Waals surface area contributed by atoms with Crippen LogP contribution >= 0.6 is 0 Å². The van der Waals surface area contributed by atoms with Gasteiger partial charge in [-0.1, -0.05) is 6.92 Å². The molecule has 2 fully saturated rings. The predicted octanol–water partition coefficient (Wildman–Crippen LogP) is -0.641. The van der Waals surface area contributed by atoms with Crippen molar-refractivity contribution in [3.63, 3.8) is 0 Å². The summed E-state index contributed by atoms with van der Waals surface area (Å²) in [5.41, 5.74) is -1.06. The summed E-state index contributed by atoms with van der Waals surface area (Å²) in [5, 5.41) is 0. The van der Waals surface area contributed by atoms with E-state index in [1.807, 2.05) is 6.92 Å². The second kappa shape index (κ2) is 1.84. The average molecular weight is 168 g/mol. The van der Waals surface area contributed by atoms with Crippen molar-refractivity contribution in [2.24, 2.45) is 0 Å². The van der Waals surface area contributed by atoms with Crippen LogP contribution in [0, 0.1) is 0 Å². The third-order valence-corrected chi connectivity index (χ3v) is 2.81. The van der Waals surface area contributed by atoms with Gasteiger partial charge in [-0.2, -0.15) is 0 Å². The van der Waals surface area contributed by atoms with Crippen molar-refractivity contribution in [2.75, 3.05) is 0 Å². The van der Waals surface area contributed by atoms with Crippen LogP contribution in [0.3, 0.4) is 0 Å². The molecule has 0 bridgehead atoms. The molecule has 64 valence electrons. The summed E-state index contributed by atoms with van der Waals surface area (Å²) >= 11 is 0. The lowest BCUT2D eigenvalue weighted by Crippen LogP contribution is -2.42. The first-order valence-corrected chi connectivity index (χ1v) is 3.99. The van der Waals surface area contributed by atoms with Crippen molar-refractivity contribution in [1.82, 2.24) is 0 Å². The van der Waals surface area contributed by atoms with Crippen LogP contribution in [0.25, 0.3) is 0 Å². The molecule has 12 heavy (non-hydrogen) atoms. The summed E-state index contributed by atoms with van der Waals surface area (Å²) in [6, 6.07) is 0. The number of hydrogen-bond acceptors (Lipinski definition) is 4. The molecule has 2 heterocycles. The number of esters is 2. The van der Waals surface area contributed by atoms with Crippen molar-refractivity contribution in [1.29, 1.82) is 0 Å². The summed E-state index contributed by atoms with van der Waals surface area (Å²) in [5.74, 6) is -1.72. The van der Waals surface area contributed by atoms with E-state index in [0.29, 0.717) is 13.7 Å². The van der Waals surface area contributed by atoms with E-state index in [0.717, 1.165) is 0 Å². The maximum Gasteiger partial charge on any atom is 0.417 e. The number of fused-ring (bicyclic) bond motifs is 1. The fourth-order valence-electron chi connectivity index (χ4n) is 1.81. The highest BCUT2D eigenvalue weighted by atomic mass is 16.7. The Kier molecular flexibility index (Phi) is 1.17. The van der Waals surface area contributed by atoms with Gasteiger partial charge in [0.2, 0.25) is 7.28 Å². The van der Waals surface area contributed by atoms with E-state index in [4.69, 9.17) is 9.47 Å². The fourth-order valence-corrected chi connectivity index (χ4v) is 1.81. The first-order chi connectivity index (χ1) is 5.53. The number of carbonyl (C=O) groups excluding carboxylic acids is 2. The monoisotopic (exact) mass is 168 g/mol. The van der Waals surface area contributed by atoms with E-state index >= 15 is 0 Å². The smallest absolute Gasteiger partial charge is 0.417 e. The first kappa shape index (κ1) is 7.64. The third-order valence-electron chi connectivity index (χ3n) is 2.81. The van der Waals surface area contributed by atoms with Gasteiger partial charge in [-0.3, -0.25) is 0 Å². The molecule has 0 aromatic heterocycles. The molecule has 0 amide bonds. The average Bonchev–Trinajstić information content (AvgIpc) is 2.57. The van der Waals surface area contributed by atoms with Gasteiger partial charge in [-0.05, 0) is 13.3 Å². The van der Waals surface area contributed by atoms with Gasteiger partial charge in [-0.15, -0.1) is 0 Å². The minimum atomic E-state index is -0.862. The van der Waals surface area contributed by atoms with Gasteiger partial charge in [0.05, 0.1) is 0 Å². The van der Waals surface area contributed by atoms with Crippen LogP contribution in [0.15, 0.2) is 0 Å². The molecule has 4 nitrogen and oxygen atoms in total. The van der Waals surface area contributed by atoms with E-state index in [1.54, 1.807) is 6.92 Å². The highest BCUT2D eigenvalue weighted by molar-refractivity contribution is 6.61. The maximum atomic E-state index is 10.8. The Balaban J connectivity index is 2.26. The molecular formula is C7H9BO4. The van der Waals surface area contributed by atoms with E-state index < -0.39 is 22.9 Å². The van der Waals surface area contributed by atoms with Crippen molar-refractivity contribution in [2.45, 2.75) is 31.3 Å². The minimum absolute atomic E-state index is 0.516. The van der Waals surface area contributed by atoms with Gasteiger partial charge in [0.25, 0.3) is 0 Å². The highest BCUT2D eigenvalue weighted by Gasteiger charge is 2.74. The quantitative estimate of drug-likeness (QED) is 0.297. The molecule has 2 saturated heterocycles. The van der Waals surface area contributed by atoms with Gasteiger partial charge in [0, 0.05) is 0 Å². The molecular weight excluding hydrogens is 159 g/mol. The number of ether oxygens (including phenoxy) is 2. The molecule has 0 spiro atoms. The Labute approximate surface area is 70.5 Å². The molecule has 0 radical (unpaired) electrons. The molecule has 2 aliphatic rings. The van der Waals surface area contributed by atoms with E-state index in [2.05, 4.69) is 0 Å². The van der Waals surface area contributed by atoms with Crippen LogP contribution in [0.2, 0.25) is 0 Å². The minimum Gasteiger partial charge on any atom is -0.457 e. The lowest BCUT2D eigenvalue weighted by atomic mass is 9.95. The lowest BCUT2D eigenvalue weighted by Gasteiger charge is -2.27. The molecule has 0 N–H and O–H groups in total. The molecule has 2 atom stereocenters. The fraction of sp³-hybridized carbons (Fsp3) is 0.714. The Morgan fingerprint density at radius 1 is 1.33 bits per heavy atom. The summed E-state index contributed by atoms with van der Waals surface area (Å²) < 4.78 is 9.94. The zero-order valence-corrected chi connectivity index (χ0v) is 7.05. The van der Waals surface area contributed by atoms with Crippen molar-refractivity contribution in [3.05, 3.63) is 0 Å². The molecule has 0 saturated carbocycles. The Bertz CT molecular complexity index is 277. The molecule has 5 heteroatoms. The number of hydrogen-bond donors (Lipinski definition) is 0. The lowest BCUT2D eigenvalue weighted by molar-refractivity contribution is -0.193. The van der Waals surface area contributed by atoms with E-state index in [1.165, 1.54) is 0 Å². The standard InChI is InChI=1S/C7H9BO4/c1-3-7-6(2,8-7)11-4(9)5(10)12-7/h8H,3H2,1-2H3. The van der Waals surface area contributed by atoms with Gasteiger partial charge in [0.15, 0.2) is 0 Å². The van der Waals surface area contributed by atoms with Gasteiger partial charge >= 0.3 is 11.9 Å². The van der Waals surface area contributed by atoms with E-state index in [-0.39, 0.29) is 0 Å². The predicted molar refractivity (Wildman–Crippen MR) is 40.8 cm³/mol. The molecule has 2 unspecified atom stereocenters. The van der Waals surface area contributed by atoms with Crippen LogP contribution in [-0.2, 0) is 19.1 Å². The summed E-state index contributed by atoms with van der Waals surface area (Å²) in [6.07, 6.45) is 0.697. The Morgan fingerprint density at radius 3 is 2.50 bits per heavy atom. The van der Waals surface area contributed by atoms with E-state index in [9.17, 15) is 9.59 Å².